The number of rotatable bonds is 5. The zero-order chi connectivity index (χ0) is 20.7. The van der Waals surface area contributed by atoms with Crippen molar-refractivity contribution in [2.24, 2.45) is 0 Å². The van der Waals surface area contributed by atoms with Crippen molar-refractivity contribution in [1.82, 2.24) is 25.6 Å². The molecule has 1 saturated heterocycles. The molecule has 4 heterocycles. The van der Waals surface area contributed by atoms with Crippen LogP contribution < -0.4 is 15.4 Å². The van der Waals surface area contributed by atoms with Gasteiger partial charge in [-0.25, -0.2) is 14.4 Å². The van der Waals surface area contributed by atoms with E-state index < -0.39 is 0 Å². The smallest absolute Gasteiger partial charge is 0.166 e. The van der Waals surface area contributed by atoms with Crippen molar-refractivity contribution in [2.75, 3.05) is 20.2 Å². The zero-order valence-electron chi connectivity index (χ0n) is 16.5. The Labute approximate surface area is 172 Å². The van der Waals surface area contributed by atoms with Gasteiger partial charge in [-0.3, -0.25) is 4.79 Å². The highest BCUT2D eigenvalue weighted by molar-refractivity contribution is 5.96. The Bertz CT molecular complexity index is 1150. The number of methoxy groups -OCH3 is 1. The fraction of sp³-hybridized carbons (Fsp3) is 0.318. The lowest BCUT2D eigenvalue weighted by Crippen LogP contribution is -2.55. The van der Waals surface area contributed by atoms with E-state index in [2.05, 4.69) is 31.7 Å². The molecule has 3 N–H and O–H groups in total. The van der Waals surface area contributed by atoms with E-state index in [0.29, 0.717) is 35.6 Å². The molecule has 0 saturated carbocycles. The molecule has 0 bridgehead atoms. The monoisotopic (exact) mass is 407 g/mol. The van der Waals surface area contributed by atoms with Crippen LogP contribution in [0.1, 0.15) is 18.5 Å². The molecule has 3 aromatic rings. The molecule has 0 spiro atoms. The minimum Gasteiger partial charge on any atom is -0.496 e. The molecule has 1 aromatic carbocycles. The van der Waals surface area contributed by atoms with Gasteiger partial charge in [-0.1, -0.05) is 6.08 Å². The van der Waals surface area contributed by atoms with E-state index in [-0.39, 0.29) is 23.7 Å². The lowest BCUT2D eigenvalue weighted by molar-refractivity contribution is -0.124. The van der Waals surface area contributed by atoms with Crippen molar-refractivity contribution in [3.05, 3.63) is 48.2 Å². The van der Waals surface area contributed by atoms with E-state index in [0.717, 1.165) is 29.6 Å². The van der Waals surface area contributed by atoms with Gasteiger partial charge in [0.15, 0.2) is 5.78 Å². The van der Waals surface area contributed by atoms with Crippen molar-refractivity contribution >= 4 is 22.4 Å². The first-order valence-electron chi connectivity index (χ1n) is 10.0. The predicted octanol–water partition coefficient (Wildman–Crippen LogP) is 2.45. The summed E-state index contributed by atoms with van der Waals surface area (Å²) in [4.78, 5) is 24.7. The zero-order valence-corrected chi connectivity index (χ0v) is 16.5. The topological polar surface area (TPSA) is 91.9 Å². The first-order chi connectivity index (χ1) is 14.6. The average Bonchev–Trinajstić information content (AvgIpc) is 3.17. The van der Waals surface area contributed by atoms with Gasteiger partial charge in [-0.15, -0.1) is 0 Å². The quantitative estimate of drug-likeness (QED) is 0.602. The number of halogens is 1. The van der Waals surface area contributed by atoms with E-state index in [1.165, 1.54) is 18.5 Å². The Morgan fingerprint density at radius 3 is 2.83 bits per heavy atom. The molecule has 8 heteroatoms. The van der Waals surface area contributed by atoms with E-state index in [1.54, 1.807) is 13.2 Å². The van der Waals surface area contributed by atoms with Crippen LogP contribution in [0.2, 0.25) is 0 Å². The Hall–Kier alpha value is -3.10. The third-order valence-electron chi connectivity index (χ3n) is 5.84. The summed E-state index contributed by atoms with van der Waals surface area (Å²) in [6, 6.07) is 6.08. The minimum atomic E-state index is -0.361. The van der Waals surface area contributed by atoms with Crippen LogP contribution in [-0.2, 0) is 4.79 Å². The number of Topliss-reactive ketones (excluding diaryl/α,β-unsaturated/α-hetero) is 1. The number of hydrogen-bond acceptors (Lipinski definition) is 6. The van der Waals surface area contributed by atoms with Gasteiger partial charge in [0.2, 0.25) is 0 Å². The molecule has 2 aliphatic heterocycles. The summed E-state index contributed by atoms with van der Waals surface area (Å²) in [6.07, 6.45) is 5.04. The molecule has 7 nitrogen and oxygen atoms in total. The third-order valence-corrected chi connectivity index (χ3v) is 5.84. The number of nitrogens with zero attached hydrogens (tertiary/aromatic N) is 2. The number of ether oxygens (including phenoxy) is 1. The number of carbonyl (C=O) groups is 1. The first kappa shape index (κ1) is 18.9. The molecule has 2 aliphatic rings. The third kappa shape index (κ3) is 3.28. The second-order valence-corrected chi connectivity index (χ2v) is 7.60. The lowest BCUT2D eigenvalue weighted by Gasteiger charge is -2.32. The molecule has 0 amide bonds. The van der Waals surface area contributed by atoms with Gasteiger partial charge >= 0.3 is 0 Å². The van der Waals surface area contributed by atoms with Gasteiger partial charge < -0.3 is 20.4 Å². The summed E-state index contributed by atoms with van der Waals surface area (Å²) in [7, 11) is 1.55. The van der Waals surface area contributed by atoms with Gasteiger partial charge in [-0.05, 0) is 49.2 Å². The van der Waals surface area contributed by atoms with Crippen molar-refractivity contribution in [1.29, 1.82) is 0 Å². The number of benzene rings is 1. The second-order valence-electron chi connectivity index (χ2n) is 7.60. The summed E-state index contributed by atoms with van der Waals surface area (Å²) in [5.74, 6) is 0.396. The SMILES string of the molecule is COc1ccc(F)cc1-c1ncnc2[nH]c(C3=CCNC(C(=O)C4CCN4)C3)cc12. The second kappa shape index (κ2) is 7.62. The number of nitrogens with one attached hydrogen (secondary N) is 3. The standard InChI is InChI=1S/C22H22FN5O2/c1-30-19-3-2-13(23)9-14(19)20-15-10-17(28-22(15)27-11-26-20)12-4-6-25-18(8-12)21(29)16-5-7-24-16/h2-4,9-11,16,18,24-25H,5-8H2,1H3,(H,26,27,28). The number of aromatic amines is 1. The molecular weight excluding hydrogens is 385 g/mol. The van der Waals surface area contributed by atoms with Gasteiger partial charge in [0, 0.05) is 23.2 Å². The minimum absolute atomic E-state index is 0.0394. The van der Waals surface area contributed by atoms with Crippen LogP contribution in [0.25, 0.3) is 27.9 Å². The molecule has 2 atom stereocenters. The number of fused-ring (bicyclic) bond motifs is 1. The maximum Gasteiger partial charge on any atom is 0.166 e. The van der Waals surface area contributed by atoms with Crippen molar-refractivity contribution in [3.63, 3.8) is 0 Å². The summed E-state index contributed by atoms with van der Waals surface area (Å²) in [5, 5.41) is 7.25. The maximum atomic E-state index is 13.9. The highest BCUT2D eigenvalue weighted by Crippen LogP contribution is 2.35. The number of ketones is 1. The van der Waals surface area contributed by atoms with Crippen LogP contribution in [0.15, 0.2) is 36.7 Å². The van der Waals surface area contributed by atoms with E-state index >= 15 is 0 Å². The van der Waals surface area contributed by atoms with Crippen molar-refractivity contribution in [2.45, 2.75) is 24.9 Å². The molecule has 5 rings (SSSR count). The fourth-order valence-corrected chi connectivity index (χ4v) is 4.09. The number of H-pyrrole nitrogens is 1. The molecule has 30 heavy (non-hydrogen) atoms. The highest BCUT2D eigenvalue weighted by atomic mass is 19.1. The van der Waals surface area contributed by atoms with E-state index in [9.17, 15) is 9.18 Å². The van der Waals surface area contributed by atoms with Gasteiger partial charge in [0.25, 0.3) is 0 Å². The number of carbonyl (C=O) groups excluding carboxylic acids is 1. The van der Waals surface area contributed by atoms with Crippen LogP contribution in [0.4, 0.5) is 4.39 Å². The predicted molar refractivity (Wildman–Crippen MR) is 112 cm³/mol. The van der Waals surface area contributed by atoms with Crippen LogP contribution >= 0.6 is 0 Å². The number of hydrogen-bond donors (Lipinski definition) is 3. The first-order valence-corrected chi connectivity index (χ1v) is 10.0. The van der Waals surface area contributed by atoms with Gasteiger partial charge in [-0.2, -0.15) is 0 Å². The van der Waals surface area contributed by atoms with Gasteiger partial charge in [0.05, 0.1) is 24.9 Å². The molecule has 0 radical (unpaired) electrons. The Kier molecular flexibility index (Phi) is 4.80. The van der Waals surface area contributed by atoms with Crippen molar-refractivity contribution in [3.8, 4) is 17.0 Å². The fourth-order valence-electron chi connectivity index (χ4n) is 4.09. The summed E-state index contributed by atoms with van der Waals surface area (Å²) in [6.45, 7) is 1.53. The Balaban J connectivity index is 1.50. The largest absolute Gasteiger partial charge is 0.496 e. The highest BCUT2D eigenvalue weighted by Gasteiger charge is 2.32. The van der Waals surface area contributed by atoms with Crippen LogP contribution in [0.3, 0.4) is 0 Å². The molecule has 1 fully saturated rings. The molecule has 0 aliphatic carbocycles. The normalized spacial score (nSPS) is 21.2. The van der Waals surface area contributed by atoms with E-state index in [4.69, 9.17) is 4.74 Å². The van der Waals surface area contributed by atoms with E-state index in [1.807, 2.05) is 6.07 Å². The molecule has 154 valence electrons. The molecular formula is C22H22FN5O2. The van der Waals surface area contributed by atoms with Gasteiger partial charge in [0.1, 0.15) is 23.5 Å². The van der Waals surface area contributed by atoms with Crippen molar-refractivity contribution < 1.29 is 13.9 Å². The maximum absolute atomic E-state index is 13.9. The average molecular weight is 407 g/mol. The summed E-state index contributed by atoms with van der Waals surface area (Å²) >= 11 is 0. The van der Waals surface area contributed by atoms with Crippen LogP contribution in [-0.4, -0.2) is 53.0 Å². The van der Waals surface area contributed by atoms with Crippen LogP contribution in [0, 0.1) is 5.82 Å². The van der Waals surface area contributed by atoms with Crippen LogP contribution in [0.5, 0.6) is 5.75 Å². The lowest BCUT2D eigenvalue weighted by atomic mass is 9.90. The summed E-state index contributed by atoms with van der Waals surface area (Å²) in [5.41, 5.74) is 3.77. The Morgan fingerprint density at radius 1 is 1.20 bits per heavy atom. The summed E-state index contributed by atoms with van der Waals surface area (Å²) < 4.78 is 19.3. The number of aromatic nitrogens is 3. The Morgan fingerprint density at radius 2 is 2.07 bits per heavy atom. The molecule has 2 aromatic heterocycles. The molecule has 2 unspecified atom stereocenters.